The summed E-state index contributed by atoms with van der Waals surface area (Å²) in [6.07, 6.45) is 2.03. The van der Waals surface area contributed by atoms with Crippen molar-refractivity contribution < 1.29 is 9.59 Å². The molecule has 1 aromatic carbocycles. The number of carbonyl (C=O) groups is 2. The van der Waals surface area contributed by atoms with Gasteiger partial charge >= 0.3 is 0 Å². The number of rotatable bonds is 7. The Morgan fingerprint density at radius 1 is 1.19 bits per heavy atom. The van der Waals surface area contributed by atoms with Crippen LogP contribution in [0.1, 0.15) is 35.7 Å². The molecule has 0 bridgehead atoms. The smallest absolute Gasteiger partial charge is 0.231 e. The summed E-state index contributed by atoms with van der Waals surface area (Å²) < 4.78 is 0. The van der Waals surface area contributed by atoms with E-state index in [-0.39, 0.29) is 41.7 Å². The molecule has 0 radical (unpaired) electrons. The summed E-state index contributed by atoms with van der Waals surface area (Å²) >= 11 is 6.02. The van der Waals surface area contributed by atoms with Gasteiger partial charge in [0.25, 0.3) is 0 Å². The van der Waals surface area contributed by atoms with Crippen molar-refractivity contribution in [1.29, 1.82) is 0 Å². The molecule has 2 heterocycles. The van der Waals surface area contributed by atoms with Crippen LogP contribution < -0.4 is 16.0 Å². The first-order valence-corrected chi connectivity index (χ1v) is 10.4. The van der Waals surface area contributed by atoms with E-state index in [1.54, 1.807) is 0 Å². The second-order valence-electron chi connectivity index (χ2n) is 7.59. The molecule has 8 nitrogen and oxygen atoms in total. The van der Waals surface area contributed by atoms with Gasteiger partial charge in [-0.05, 0) is 17.7 Å². The number of hydrogen-bond acceptors (Lipinski definition) is 7. The number of hydrogen-bond donors (Lipinski definition) is 2. The number of amides is 1. The summed E-state index contributed by atoms with van der Waals surface area (Å²) in [4.78, 5) is 36.7. The Morgan fingerprint density at radius 3 is 2.42 bits per heavy atom. The molecule has 10 heteroatoms. The molecule has 0 aliphatic carbocycles. The fourth-order valence-corrected chi connectivity index (χ4v) is 3.65. The zero-order valence-corrected chi connectivity index (χ0v) is 19.2. The third-order valence-electron chi connectivity index (χ3n) is 5.20. The van der Waals surface area contributed by atoms with Gasteiger partial charge in [0.2, 0.25) is 5.91 Å². The average Bonchev–Trinajstić information content (AvgIpc) is 2.74. The lowest BCUT2D eigenvalue weighted by Gasteiger charge is -2.37. The highest BCUT2D eigenvalue weighted by Gasteiger charge is 2.30. The number of aromatic nitrogens is 2. The molecular weight excluding hydrogens is 439 g/mol. The number of nitrogens with two attached hydrogens (primary N) is 1. The average molecular weight is 467 g/mol. The Labute approximate surface area is 193 Å². The maximum absolute atomic E-state index is 13.3. The number of anilines is 2. The number of carbonyl (C=O) groups excluding carboxylic acids is 2. The summed E-state index contributed by atoms with van der Waals surface area (Å²) in [7, 11) is 0. The van der Waals surface area contributed by atoms with Crippen LogP contribution in [0, 0.1) is 0 Å². The molecule has 168 valence electrons. The standard InChI is InChI=1S/C21H27ClN6O2.ClH/c1-14(2)24-11-17(15-3-5-16(22)6-4-15)21(30)28-9-7-27(8-10-28)20-18(12-29)19(23)25-13-26-20;/h3-6,12-14,17,24H,7-11H2,1-2H3,(H2,23,25,26);1H. The number of nitrogens with one attached hydrogen (secondary N) is 1. The number of benzene rings is 1. The van der Waals surface area contributed by atoms with E-state index in [2.05, 4.69) is 29.1 Å². The second kappa shape index (κ2) is 11.3. The second-order valence-corrected chi connectivity index (χ2v) is 8.03. The zero-order chi connectivity index (χ0) is 21.7. The van der Waals surface area contributed by atoms with Crippen LogP contribution in [-0.4, -0.2) is 65.8 Å². The first-order valence-electron chi connectivity index (χ1n) is 9.99. The predicted octanol–water partition coefficient (Wildman–Crippen LogP) is 2.38. The van der Waals surface area contributed by atoms with Gasteiger partial charge in [0, 0.05) is 43.8 Å². The Kier molecular flexibility index (Phi) is 9.03. The minimum atomic E-state index is -0.295. The fraction of sp³-hybridized carbons (Fsp3) is 0.429. The number of nitrogen functional groups attached to an aromatic ring is 1. The van der Waals surface area contributed by atoms with Crippen molar-refractivity contribution in [3.8, 4) is 0 Å². The lowest BCUT2D eigenvalue weighted by atomic mass is 9.96. The van der Waals surface area contributed by atoms with Crippen LogP contribution in [0.25, 0.3) is 0 Å². The maximum Gasteiger partial charge on any atom is 0.231 e. The molecule has 0 saturated carbocycles. The number of halogens is 2. The van der Waals surface area contributed by atoms with Crippen molar-refractivity contribution in [3.05, 3.63) is 46.7 Å². The monoisotopic (exact) mass is 466 g/mol. The SMILES string of the molecule is CC(C)NCC(C(=O)N1CCN(c2ncnc(N)c2C=O)CC1)c1ccc(Cl)cc1.Cl. The van der Waals surface area contributed by atoms with Crippen molar-refractivity contribution in [3.63, 3.8) is 0 Å². The molecule has 2 aromatic rings. The van der Waals surface area contributed by atoms with E-state index >= 15 is 0 Å². The third kappa shape index (κ3) is 6.06. The van der Waals surface area contributed by atoms with Crippen LogP contribution in [0.4, 0.5) is 11.6 Å². The van der Waals surface area contributed by atoms with Crippen LogP contribution >= 0.6 is 24.0 Å². The third-order valence-corrected chi connectivity index (χ3v) is 5.46. The molecule has 1 atom stereocenters. The van der Waals surface area contributed by atoms with Crippen molar-refractivity contribution >= 4 is 47.8 Å². The molecular formula is C21H28Cl2N6O2. The number of aldehydes is 1. The molecule has 1 saturated heterocycles. The van der Waals surface area contributed by atoms with Gasteiger partial charge in [-0.1, -0.05) is 37.6 Å². The molecule has 3 rings (SSSR count). The van der Waals surface area contributed by atoms with Crippen LogP contribution in [-0.2, 0) is 4.79 Å². The molecule has 1 aliphatic heterocycles. The van der Waals surface area contributed by atoms with Gasteiger partial charge in [-0.15, -0.1) is 12.4 Å². The van der Waals surface area contributed by atoms with E-state index < -0.39 is 0 Å². The number of piperazine rings is 1. The van der Waals surface area contributed by atoms with Crippen molar-refractivity contribution in [2.24, 2.45) is 0 Å². The molecule has 0 spiro atoms. The number of nitrogens with zero attached hydrogens (tertiary/aromatic N) is 4. The Balaban J connectivity index is 0.00000341. The van der Waals surface area contributed by atoms with Crippen molar-refractivity contribution in [2.75, 3.05) is 43.4 Å². The van der Waals surface area contributed by atoms with Gasteiger partial charge < -0.3 is 20.9 Å². The van der Waals surface area contributed by atoms with E-state index in [0.717, 1.165) is 5.56 Å². The van der Waals surface area contributed by atoms with Crippen LogP contribution in [0.3, 0.4) is 0 Å². The summed E-state index contributed by atoms with van der Waals surface area (Å²) in [5.41, 5.74) is 7.02. The highest BCUT2D eigenvalue weighted by Crippen LogP contribution is 2.24. The van der Waals surface area contributed by atoms with Crippen LogP contribution in [0.5, 0.6) is 0 Å². The summed E-state index contributed by atoms with van der Waals surface area (Å²) in [5.74, 6) is 0.454. The molecule has 31 heavy (non-hydrogen) atoms. The van der Waals surface area contributed by atoms with Gasteiger partial charge in [-0.2, -0.15) is 0 Å². The maximum atomic E-state index is 13.3. The first-order chi connectivity index (χ1) is 14.4. The lowest BCUT2D eigenvalue weighted by molar-refractivity contribution is -0.133. The summed E-state index contributed by atoms with van der Waals surface area (Å²) in [6.45, 7) is 6.86. The van der Waals surface area contributed by atoms with Gasteiger partial charge in [-0.25, -0.2) is 9.97 Å². The van der Waals surface area contributed by atoms with E-state index in [1.165, 1.54) is 6.33 Å². The lowest BCUT2D eigenvalue weighted by Crippen LogP contribution is -2.51. The predicted molar refractivity (Wildman–Crippen MR) is 125 cm³/mol. The molecule has 3 N–H and O–H groups in total. The quantitative estimate of drug-likeness (QED) is 0.603. The Morgan fingerprint density at radius 2 is 1.84 bits per heavy atom. The molecule has 1 aliphatic rings. The van der Waals surface area contributed by atoms with Crippen molar-refractivity contribution in [1.82, 2.24) is 20.2 Å². The molecule has 1 aromatic heterocycles. The topological polar surface area (TPSA) is 104 Å². The van der Waals surface area contributed by atoms with Crippen LogP contribution in [0.2, 0.25) is 5.02 Å². The highest BCUT2D eigenvalue weighted by molar-refractivity contribution is 6.30. The van der Waals surface area contributed by atoms with Gasteiger partial charge in [-0.3, -0.25) is 9.59 Å². The zero-order valence-electron chi connectivity index (χ0n) is 17.6. The highest BCUT2D eigenvalue weighted by atomic mass is 35.5. The van der Waals surface area contributed by atoms with E-state index in [9.17, 15) is 9.59 Å². The van der Waals surface area contributed by atoms with E-state index in [0.29, 0.717) is 49.9 Å². The molecule has 1 unspecified atom stereocenters. The first kappa shape index (κ1) is 24.8. The Hall–Kier alpha value is -2.42. The minimum absolute atomic E-state index is 0. The molecule has 1 amide bonds. The Bertz CT molecular complexity index is 886. The van der Waals surface area contributed by atoms with Gasteiger partial charge in [0.05, 0.1) is 11.5 Å². The van der Waals surface area contributed by atoms with Crippen LogP contribution in [0.15, 0.2) is 30.6 Å². The van der Waals surface area contributed by atoms with E-state index in [4.69, 9.17) is 17.3 Å². The van der Waals surface area contributed by atoms with Gasteiger partial charge in [0.1, 0.15) is 18.0 Å². The largest absolute Gasteiger partial charge is 0.383 e. The normalized spacial score (nSPS) is 14.8. The summed E-state index contributed by atoms with van der Waals surface area (Å²) in [6, 6.07) is 7.71. The minimum Gasteiger partial charge on any atom is -0.383 e. The molecule has 1 fully saturated rings. The van der Waals surface area contributed by atoms with Gasteiger partial charge in [0.15, 0.2) is 6.29 Å². The van der Waals surface area contributed by atoms with Crippen molar-refractivity contribution in [2.45, 2.75) is 25.8 Å². The fourth-order valence-electron chi connectivity index (χ4n) is 3.52. The summed E-state index contributed by atoms with van der Waals surface area (Å²) in [5, 5.41) is 4.02. The van der Waals surface area contributed by atoms with E-state index in [1.807, 2.05) is 34.1 Å².